The lowest BCUT2D eigenvalue weighted by atomic mass is 10.2. The number of nitrogens with one attached hydrogen (secondary N) is 3. The van der Waals surface area contributed by atoms with Crippen LogP contribution in [0.15, 0.2) is 36.7 Å². The molecule has 0 spiro atoms. The summed E-state index contributed by atoms with van der Waals surface area (Å²) >= 11 is 0. The Morgan fingerprint density at radius 3 is 1.82 bits per heavy atom. The van der Waals surface area contributed by atoms with Gasteiger partial charge in [-0.1, -0.05) is 0 Å². The Morgan fingerprint density at radius 2 is 1.39 bits per heavy atom. The van der Waals surface area contributed by atoms with Crippen molar-refractivity contribution >= 4 is 39.2 Å². The van der Waals surface area contributed by atoms with Crippen LogP contribution in [0, 0.1) is 11.3 Å². The van der Waals surface area contributed by atoms with Crippen LogP contribution in [0.4, 0.5) is 26.3 Å². The minimum atomic E-state index is -5.33. The van der Waals surface area contributed by atoms with Crippen molar-refractivity contribution in [2.24, 2.45) is 0 Å². The topological polar surface area (TPSA) is 203 Å². The molecule has 0 aromatic carbocycles. The fourth-order valence-electron chi connectivity index (χ4n) is 3.67. The van der Waals surface area contributed by atoms with Crippen LogP contribution in [0.5, 0.6) is 0 Å². The number of pyridine rings is 2. The molecule has 0 fully saturated rings. The molecule has 2 aromatic rings. The van der Waals surface area contributed by atoms with Gasteiger partial charge < -0.3 is 24.5 Å². The number of nitrogens with zero attached hydrogens (tertiary/aromatic N) is 4. The lowest BCUT2D eigenvalue weighted by Gasteiger charge is -2.35. The molecule has 0 aliphatic rings. The summed E-state index contributed by atoms with van der Waals surface area (Å²) in [7, 11) is -6.41. The monoisotopic (exact) mass is 775 g/mol. The van der Waals surface area contributed by atoms with Crippen LogP contribution in [-0.2, 0) is 37.1 Å². The minimum Gasteiger partial charge on any atom is -0.364 e. The number of halogens is 6. The minimum absolute atomic E-state index is 0.00509. The first-order valence-electron chi connectivity index (χ1n) is 14.5. The highest BCUT2D eigenvalue weighted by atomic mass is 31.2. The maximum atomic E-state index is 13.3. The van der Waals surface area contributed by atoms with E-state index in [1.165, 1.54) is 28.8 Å². The summed E-state index contributed by atoms with van der Waals surface area (Å²) in [5.41, 5.74) is 2.63. The van der Waals surface area contributed by atoms with Crippen molar-refractivity contribution in [1.82, 2.24) is 30.8 Å². The van der Waals surface area contributed by atoms with Crippen molar-refractivity contribution in [1.29, 1.82) is 5.26 Å². The van der Waals surface area contributed by atoms with Gasteiger partial charge in [0.1, 0.15) is 20.2 Å². The second-order valence-electron chi connectivity index (χ2n) is 10.2. The summed E-state index contributed by atoms with van der Waals surface area (Å²) in [6.45, 7) is 4.99. The number of rotatable bonds is 19. The van der Waals surface area contributed by atoms with E-state index in [1.807, 2.05) is 38.4 Å². The normalized spacial score (nSPS) is 12.9. The van der Waals surface area contributed by atoms with E-state index in [9.17, 15) is 45.3 Å². The maximum absolute atomic E-state index is 13.3. The van der Waals surface area contributed by atoms with Crippen LogP contribution in [0.3, 0.4) is 0 Å². The molecule has 2 aromatic heterocycles. The fraction of sp³-hybridized carbons (Fsp3) is 0.481. The molecule has 2 rings (SSSR count). The number of nitriles is 1. The lowest BCUT2D eigenvalue weighted by Crippen LogP contribution is -2.39. The van der Waals surface area contributed by atoms with Gasteiger partial charge in [0.05, 0.1) is 41.4 Å². The number of amides is 2. The van der Waals surface area contributed by atoms with Gasteiger partial charge in [0.15, 0.2) is 0 Å². The van der Waals surface area contributed by atoms with Gasteiger partial charge in [0.2, 0.25) is 0 Å². The molecular formula is C27H33F6N7O9P2. The zero-order valence-electron chi connectivity index (χ0n) is 27.3. The largest absolute Gasteiger partial charge is 0.471 e. The predicted molar refractivity (Wildman–Crippen MR) is 165 cm³/mol. The standard InChI is InChI=1S/C27H33F6N7O9P2/c1-17(2)40(18(3)4)50(45-11-5-10-34)46-16-39-49-23(41)19-6-8-21(35-12-19)22-9-7-20(13-36-22)51(44,47-14-37-24(42)26(28,29)30)48-15-38-25(43)27(31,32)33/h6-9,12-13,17-18,39H,5,11,14-16H2,1-4H3,(H,37,42)(H,38,43). The van der Waals surface area contributed by atoms with E-state index in [1.54, 1.807) is 0 Å². The molecule has 0 saturated heterocycles. The first kappa shape index (κ1) is 43.4. The van der Waals surface area contributed by atoms with Crippen molar-refractivity contribution in [3.8, 4) is 17.5 Å². The Kier molecular flexibility index (Phi) is 16.8. The third-order valence-corrected chi connectivity index (χ3v) is 9.73. The van der Waals surface area contributed by atoms with E-state index in [4.69, 9.17) is 28.2 Å². The van der Waals surface area contributed by atoms with Crippen molar-refractivity contribution in [2.45, 2.75) is 58.6 Å². The molecule has 282 valence electrons. The second-order valence-corrected chi connectivity index (χ2v) is 13.7. The van der Waals surface area contributed by atoms with Gasteiger partial charge in [-0.2, -0.15) is 31.6 Å². The maximum Gasteiger partial charge on any atom is 0.471 e. The lowest BCUT2D eigenvalue weighted by molar-refractivity contribution is -0.174. The summed E-state index contributed by atoms with van der Waals surface area (Å²) < 4.78 is 111. The number of hydrogen-bond acceptors (Lipinski definition) is 14. The number of carbonyl (C=O) groups excluding carboxylic acids is 3. The first-order valence-corrected chi connectivity index (χ1v) is 17.1. The molecule has 0 radical (unpaired) electrons. The molecule has 0 bridgehead atoms. The molecule has 2 amide bonds. The van der Waals surface area contributed by atoms with E-state index < -0.39 is 65.0 Å². The highest BCUT2D eigenvalue weighted by Crippen LogP contribution is 2.47. The molecule has 0 aliphatic heterocycles. The summed E-state index contributed by atoms with van der Waals surface area (Å²) in [6, 6.07) is 6.97. The summed E-state index contributed by atoms with van der Waals surface area (Å²) in [5.74, 6) is -5.78. The van der Waals surface area contributed by atoms with Gasteiger partial charge in [-0.05, 0) is 52.0 Å². The molecular weight excluding hydrogens is 742 g/mol. The Morgan fingerprint density at radius 1 is 0.863 bits per heavy atom. The molecule has 51 heavy (non-hydrogen) atoms. The Bertz CT molecular complexity index is 1500. The van der Waals surface area contributed by atoms with Crippen molar-refractivity contribution in [3.05, 3.63) is 42.2 Å². The van der Waals surface area contributed by atoms with E-state index >= 15 is 0 Å². The highest BCUT2D eigenvalue weighted by molar-refractivity contribution is 7.62. The van der Waals surface area contributed by atoms with Gasteiger partial charge in [0.25, 0.3) is 8.53 Å². The fourth-order valence-corrected chi connectivity index (χ4v) is 6.47. The van der Waals surface area contributed by atoms with Gasteiger partial charge in [0, 0.05) is 24.5 Å². The first-order chi connectivity index (χ1) is 23.8. The average molecular weight is 776 g/mol. The number of hydroxylamine groups is 1. The molecule has 1 atom stereocenters. The third kappa shape index (κ3) is 14.0. The smallest absolute Gasteiger partial charge is 0.364 e. The molecule has 1 unspecified atom stereocenters. The Labute approximate surface area is 288 Å². The molecule has 24 heteroatoms. The molecule has 0 saturated carbocycles. The average Bonchev–Trinajstić information content (AvgIpc) is 3.05. The zero-order valence-corrected chi connectivity index (χ0v) is 29.1. The second kappa shape index (κ2) is 19.7. The Hall–Kier alpha value is -3.80. The SMILES string of the molecule is CC(C)N(C(C)C)P(OCCC#N)OCNOC(=O)c1ccc(-c2ccc(P(=O)(OCNC(=O)C(F)(F)F)OCNC(=O)C(F)(F)F)cn2)nc1. The van der Waals surface area contributed by atoms with Crippen LogP contribution >= 0.6 is 16.1 Å². The van der Waals surface area contributed by atoms with Crippen LogP contribution in [0.1, 0.15) is 44.5 Å². The van der Waals surface area contributed by atoms with Gasteiger partial charge in [-0.15, -0.1) is 5.48 Å². The molecule has 16 nitrogen and oxygen atoms in total. The van der Waals surface area contributed by atoms with Crippen LogP contribution < -0.4 is 21.4 Å². The van der Waals surface area contributed by atoms with Crippen molar-refractivity contribution in [3.63, 3.8) is 0 Å². The van der Waals surface area contributed by atoms with Gasteiger partial charge >= 0.3 is 37.7 Å². The van der Waals surface area contributed by atoms with E-state index in [0.29, 0.717) is 0 Å². The predicted octanol–water partition coefficient (Wildman–Crippen LogP) is 4.18. The molecule has 2 heterocycles. The summed E-state index contributed by atoms with van der Waals surface area (Å²) in [5, 5.41) is 10.9. The summed E-state index contributed by atoms with van der Waals surface area (Å²) in [4.78, 5) is 47.7. The van der Waals surface area contributed by atoms with Crippen LogP contribution in [-0.4, -0.2) is 83.7 Å². The van der Waals surface area contributed by atoms with Gasteiger partial charge in [-0.25, -0.2) is 9.46 Å². The third-order valence-electron chi connectivity index (χ3n) is 5.84. The number of carbonyl (C=O) groups is 3. The number of hydrogen-bond donors (Lipinski definition) is 3. The molecule has 3 N–H and O–H groups in total. The Balaban J connectivity index is 2.08. The quantitative estimate of drug-likeness (QED) is 0.0603. The highest BCUT2D eigenvalue weighted by Gasteiger charge is 2.40. The number of aromatic nitrogens is 2. The van der Waals surface area contributed by atoms with E-state index in [0.717, 1.165) is 18.5 Å². The van der Waals surface area contributed by atoms with E-state index in [2.05, 4.69) is 15.4 Å². The van der Waals surface area contributed by atoms with Crippen LogP contribution in [0.25, 0.3) is 11.4 Å². The van der Waals surface area contributed by atoms with Gasteiger partial charge in [-0.3, -0.25) is 33.2 Å². The summed E-state index contributed by atoms with van der Waals surface area (Å²) in [6.07, 6.45) is -8.52. The van der Waals surface area contributed by atoms with Crippen molar-refractivity contribution < 1.29 is 68.2 Å². The van der Waals surface area contributed by atoms with Crippen LogP contribution in [0.2, 0.25) is 0 Å². The van der Waals surface area contributed by atoms with Crippen molar-refractivity contribution in [2.75, 3.05) is 26.8 Å². The van der Waals surface area contributed by atoms with E-state index in [-0.39, 0.29) is 48.8 Å². The molecule has 0 aliphatic carbocycles. The number of alkyl halides is 6. The zero-order chi connectivity index (χ0) is 38.4.